The summed E-state index contributed by atoms with van der Waals surface area (Å²) in [5.41, 5.74) is 4.91. The van der Waals surface area contributed by atoms with Gasteiger partial charge in [0.15, 0.2) is 0 Å². The van der Waals surface area contributed by atoms with E-state index in [0.717, 1.165) is 12.2 Å². The second kappa shape index (κ2) is 10.1. The molecule has 0 atom stereocenters. The third kappa shape index (κ3) is 12.0. The average molecular weight is 222 g/mol. The molecule has 3 N–H and O–H groups in total. The predicted molar refractivity (Wildman–Crippen MR) is 62.5 cm³/mol. The highest BCUT2D eigenvalue weighted by molar-refractivity contribution is 8.02. The van der Waals surface area contributed by atoms with Crippen LogP contribution in [0, 0.1) is 0 Å². The van der Waals surface area contributed by atoms with Crippen molar-refractivity contribution in [3.8, 4) is 0 Å². The van der Waals surface area contributed by atoms with Crippen molar-refractivity contribution < 1.29 is 4.79 Å². The molecule has 0 aliphatic carbocycles. The number of nitrogens with two attached hydrogens (primary N) is 1. The number of hydrogen-bond acceptors (Lipinski definition) is 3. The zero-order valence-corrected chi connectivity index (χ0v) is 9.68. The van der Waals surface area contributed by atoms with E-state index < -0.39 is 6.03 Å². The SMILES string of the molecule is CCSCCSCCCNC(N)=O. The first kappa shape index (κ1) is 13.0. The van der Waals surface area contributed by atoms with Crippen molar-refractivity contribution in [2.75, 3.05) is 29.6 Å². The van der Waals surface area contributed by atoms with Gasteiger partial charge in [-0.25, -0.2) is 4.79 Å². The Morgan fingerprint density at radius 2 is 2.00 bits per heavy atom. The van der Waals surface area contributed by atoms with Crippen molar-refractivity contribution in [3.05, 3.63) is 0 Å². The number of amides is 2. The zero-order chi connectivity index (χ0) is 9.94. The van der Waals surface area contributed by atoms with Crippen molar-refractivity contribution >= 4 is 29.6 Å². The van der Waals surface area contributed by atoms with Crippen LogP contribution in [-0.2, 0) is 0 Å². The van der Waals surface area contributed by atoms with Gasteiger partial charge in [-0.2, -0.15) is 23.5 Å². The maximum atomic E-state index is 10.3. The van der Waals surface area contributed by atoms with Crippen LogP contribution in [0.25, 0.3) is 0 Å². The molecule has 0 spiro atoms. The number of carbonyl (C=O) groups excluding carboxylic acids is 1. The van der Waals surface area contributed by atoms with Gasteiger partial charge in [0.1, 0.15) is 0 Å². The Morgan fingerprint density at radius 3 is 2.62 bits per heavy atom. The van der Waals surface area contributed by atoms with Gasteiger partial charge in [-0.05, 0) is 17.9 Å². The first-order valence-electron chi connectivity index (χ1n) is 4.46. The molecule has 2 amide bonds. The minimum atomic E-state index is -0.425. The molecule has 0 radical (unpaired) electrons. The molecule has 0 heterocycles. The fourth-order valence-corrected chi connectivity index (χ4v) is 2.53. The van der Waals surface area contributed by atoms with Gasteiger partial charge in [0.25, 0.3) is 0 Å². The molecule has 5 heteroatoms. The summed E-state index contributed by atoms with van der Waals surface area (Å²) in [5, 5.41) is 2.57. The van der Waals surface area contributed by atoms with Crippen LogP contribution in [0.1, 0.15) is 13.3 Å². The minimum absolute atomic E-state index is 0.425. The lowest BCUT2D eigenvalue weighted by atomic mass is 10.5. The fraction of sp³-hybridized carbons (Fsp3) is 0.875. The van der Waals surface area contributed by atoms with E-state index in [9.17, 15) is 4.79 Å². The Kier molecular flexibility index (Phi) is 10.0. The number of nitrogens with one attached hydrogen (secondary N) is 1. The number of thioether (sulfide) groups is 2. The van der Waals surface area contributed by atoms with Crippen LogP contribution < -0.4 is 11.1 Å². The Morgan fingerprint density at radius 1 is 1.31 bits per heavy atom. The third-order valence-electron chi connectivity index (χ3n) is 1.34. The smallest absolute Gasteiger partial charge is 0.312 e. The number of rotatable bonds is 8. The van der Waals surface area contributed by atoms with E-state index in [2.05, 4.69) is 12.2 Å². The summed E-state index contributed by atoms with van der Waals surface area (Å²) in [6.07, 6.45) is 1.00. The van der Waals surface area contributed by atoms with Crippen LogP contribution in [0.15, 0.2) is 0 Å². The van der Waals surface area contributed by atoms with E-state index in [4.69, 9.17) is 5.73 Å². The molecule has 78 valence electrons. The van der Waals surface area contributed by atoms with Gasteiger partial charge >= 0.3 is 6.03 Å². The summed E-state index contributed by atoms with van der Waals surface area (Å²) < 4.78 is 0. The summed E-state index contributed by atoms with van der Waals surface area (Å²) in [4.78, 5) is 10.3. The first-order valence-corrected chi connectivity index (χ1v) is 6.77. The van der Waals surface area contributed by atoms with Crippen LogP contribution in [0.4, 0.5) is 4.79 Å². The number of primary amides is 1. The standard InChI is InChI=1S/C8H18N2OS2/c1-2-12-6-7-13-5-3-4-10-8(9)11/h2-7H2,1H3,(H3,9,10,11). The van der Waals surface area contributed by atoms with Gasteiger partial charge in [0.05, 0.1) is 0 Å². The second-order valence-electron chi connectivity index (χ2n) is 2.45. The van der Waals surface area contributed by atoms with Gasteiger partial charge in [-0.15, -0.1) is 0 Å². The summed E-state index contributed by atoms with van der Waals surface area (Å²) in [6, 6.07) is -0.425. The zero-order valence-electron chi connectivity index (χ0n) is 8.04. The van der Waals surface area contributed by atoms with E-state index in [-0.39, 0.29) is 0 Å². The molecule has 0 rings (SSSR count). The number of urea groups is 1. The lowest BCUT2D eigenvalue weighted by molar-refractivity contribution is 0.249. The largest absolute Gasteiger partial charge is 0.352 e. The molecule has 0 fully saturated rings. The summed E-state index contributed by atoms with van der Waals surface area (Å²) in [7, 11) is 0. The Balaban J connectivity index is 2.87. The lowest BCUT2D eigenvalue weighted by Crippen LogP contribution is -2.30. The van der Waals surface area contributed by atoms with Gasteiger partial charge in [0.2, 0.25) is 0 Å². The van der Waals surface area contributed by atoms with Crippen molar-refractivity contribution in [3.63, 3.8) is 0 Å². The van der Waals surface area contributed by atoms with E-state index in [0.29, 0.717) is 6.54 Å². The fourth-order valence-electron chi connectivity index (χ4n) is 0.750. The molecule has 0 aliphatic rings. The summed E-state index contributed by atoms with van der Waals surface area (Å²) in [6.45, 7) is 2.87. The average Bonchev–Trinajstić information content (AvgIpc) is 2.09. The van der Waals surface area contributed by atoms with Gasteiger partial charge in [-0.3, -0.25) is 0 Å². The molecular weight excluding hydrogens is 204 g/mol. The maximum absolute atomic E-state index is 10.3. The number of hydrogen-bond donors (Lipinski definition) is 2. The number of carbonyl (C=O) groups is 1. The molecule has 0 aromatic heterocycles. The van der Waals surface area contributed by atoms with Crippen molar-refractivity contribution in [2.45, 2.75) is 13.3 Å². The summed E-state index contributed by atoms with van der Waals surface area (Å²) in [5.74, 6) is 4.73. The van der Waals surface area contributed by atoms with Crippen LogP contribution >= 0.6 is 23.5 Å². The molecular formula is C8H18N2OS2. The van der Waals surface area contributed by atoms with E-state index in [1.54, 1.807) is 0 Å². The van der Waals surface area contributed by atoms with Crippen LogP contribution in [0.2, 0.25) is 0 Å². The molecule has 0 aliphatic heterocycles. The molecule has 0 saturated heterocycles. The molecule has 13 heavy (non-hydrogen) atoms. The summed E-state index contributed by atoms with van der Waals surface area (Å²) >= 11 is 3.90. The maximum Gasteiger partial charge on any atom is 0.312 e. The highest BCUT2D eigenvalue weighted by atomic mass is 32.2. The Bertz CT molecular complexity index is 133. The lowest BCUT2D eigenvalue weighted by Gasteiger charge is -2.01. The van der Waals surface area contributed by atoms with Gasteiger partial charge in [0, 0.05) is 18.1 Å². The normalized spacial score (nSPS) is 9.92. The van der Waals surface area contributed by atoms with Crippen molar-refractivity contribution in [2.24, 2.45) is 5.73 Å². The Hall–Kier alpha value is -0.0300. The highest BCUT2D eigenvalue weighted by Gasteiger charge is 1.92. The van der Waals surface area contributed by atoms with E-state index in [1.165, 1.54) is 17.3 Å². The third-order valence-corrected chi connectivity index (χ3v) is 3.57. The van der Waals surface area contributed by atoms with Crippen molar-refractivity contribution in [1.82, 2.24) is 5.32 Å². The van der Waals surface area contributed by atoms with Crippen LogP contribution in [0.5, 0.6) is 0 Å². The topological polar surface area (TPSA) is 55.1 Å². The molecule has 0 aromatic rings. The first-order chi connectivity index (χ1) is 6.27. The molecule has 3 nitrogen and oxygen atoms in total. The van der Waals surface area contributed by atoms with Gasteiger partial charge in [-0.1, -0.05) is 6.92 Å². The quantitative estimate of drug-likeness (QED) is 0.612. The van der Waals surface area contributed by atoms with Gasteiger partial charge < -0.3 is 11.1 Å². The molecule has 0 aromatic carbocycles. The molecule has 0 saturated carbocycles. The predicted octanol–water partition coefficient (Wildman–Crippen LogP) is 1.53. The molecule has 0 bridgehead atoms. The van der Waals surface area contributed by atoms with E-state index in [1.807, 2.05) is 23.5 Å². The molecule has 0 unspecified atom stereocenters. The minimum Gasteiger partial charge on any atom is -0.352 e. The second-order valence-corrected chi connectivity index (χ2v) is 5.07. The van der Waals surface area contributed by atoms with Crippen molar-refractivity contribution in [1.29, 1.82) is 0 Å². The van der Waals surface area contributed by atoms with Crippen LogP contribution in [0.3, 0.4) is 0 Å². The highest BCUT2D eigenvalue weighted by Crippen LogP contribution is 2.06. The Labute approximate surface area is 88.6 Å². The van der Waals surface area contributed by atoms with Crippen LogP contribution in [-0.4, -0.2) is 35.6 Å². The van der Waals surface area contributed by atoms with E-state index >= 15 is 0 Å². The monoisotopic (exact) mass is 222 g/mol.